The second-order valence-electron chi connectivity index (χ2n) is 0.600. The number of hydrogen-bond donors (Lipinski definition) is 4. The molecule has 6 heavy (non-hydrogen) atoms. The summed E-state index contributed by atoms with van der Waals surface area (Å²) in [7, 11) is -4.61. The van der Waals surface area contributed by atoms with Crippen LogP contribution in [0.1, 0.15) is 0 Å². The van der Waals surface area contributed by atoms with Crippen LogP contribution in [0.15, 0.2) is 0 Å². The van der Waals surface area contributed by atoms with E-state index >= 15 is 0 Å². The zero-order valence-electron chi connectivity index (χ0n) is 3.00. The van der Waals surface area contributed by atoms with Gasteiger partial charge in [-0.15, -0.1) is 0 Å². The second-order valence-corrected chi connectivity index (χ2v) is 1.80. The van der Waals surface area contributed by atoms with Gasteiger partial charge in [-0.05, 0) is 0 Å². The molecule has 0 spiro atoms. The Hall–Kier alpha value is 1.54. The molecule has 0 amide bonds. The molecule has 0 rings (SSSR count). The molecule has 0 fully saturated rings. The van der Waals surface area contributed by atoms with E-state index in [1.807, 2.05) is 0 Å². The van der Waals surface area contributed by atoms with E-state index in [0.29, 0.717) is 0 Å². The Bertz CT molecular complexity index is 23.0. The van der Waals surface area contributed by atoms with E-state index in [1.165, 1.54) is 0 Å². The van der Waals surface area contributed by atoms with E-state index in [1.54, 1.807) is 0 Å². The first-order valence-corrected chi connectivity index (χ1v) is 2.68. The van der Waals surface area contributed by atoms with Crippen LogP contribution in [0.3, 0.4) is 0 Å². The zero-order chi connectivity index (χ0) is 4.50. The molecule has 2 radical (unpaired) electrons. The normalized spacial score (nSPS) is 10.0. The van der Waals surface area contributed by atoms with Crippen molar-refractivity contribution in [3.8, 4) is 0 Å². The van der Waals surface area contributed by atoms with E-state index in [0.717, 1.165) is 0 Å². The molecular formula is H4O4SiSr. The van der Waals surface area contributed by atoms with Crippen molar-refractivity contribution >= 4 is 54.5 Å². The molecule has 0 atom stereocenters. The Morgan fingerprint density at radius 2 is 0.833 bits per heavy atom. The molecule has 0 aliphatic carbocycles. The van der Waals surface area contributed by atoms with Crippen LogP contribution in [0.4, 0.5) is 0 Å². The molecule has 6 heteroatoms. The van der Waals surface area contributed by atoms with Gasteiger partial charge in [0.15, 0.2) is 0 Å². The van der Waals surface area contributed by atoms with Gasteiger partial charge in [-0.1, -0.05) is 0 Å². The van der Waals surface area contributed by atoms with E-state index in [2.05, 4.69) is 0 Å². The first-order chi connectivity index (χ1) is 2.00. The van der Waals surface area contributed by atoms with Crippen LogP contribution in [-0.2, 0) is 0 Å². The van der Waals surface area contributed by atoms with Gasteiger partial charge in [-0.25, -0.2) is 0 Å². The maximum Gasteiger partial charge on any atom is 0.668 e. The van der Waals surface area contributed by atoms with Crippen molar-refractivity contribution < 1.29 is 19.2 Å². The molecule has 0 aromatic rings. The van der Waals surface area contributed by atoms with E-state index in [4.69, 9.17) is 19.2 Å². The molecule has 0 aromatic heterocycles. The first kappa shape index (κ1) is 10.5. The van der Waals surface area contributed by atoms with Crippen molar-refractivity contribution in [2.24, 2.45) is 0 Å². The van der Waals surface area contributed by atoms with E-state index in [-0.39, 0.29) is 45.5 Å². The average Bonchev–Trinajstić information content (AvgIpc) is 0.722. The molecule has 0 aliphatic heterocycles. The minimum absolute atomic E-state index is 0. The molecule has 0 aromatic carbocycles. The largest absolute Gasteiger partial charge is 0.668 e. The third-order valence-corrected chi connectivity index (χ3v) is 0. The van der Waals surface area contributed by atoms with Crippen molar-refractivity contribution in [1.82, 2.24) is 0 Å². The zero-order valence-corrected chi connectivity index (χ0v) is 7.47. The third kappa shape index (κ3) is 48.2. The monoisotopic (exact) mass is 184 g/mol. The third-order valence-electron chi connectivity index (χ3n) is 0. The van der Waals surface area contributed by atoms with Gasteiger partial charge in [0.05, 0.1) is 0 Å². The molecule has 4 nitrogen and oxygen atoms in total. The smallest absolute Gasteiger partial charge is 0.368 e. The molecule has 0 heterocycles. The SMILES string of the molecule is O[Si](O)(O)O.[Sr]. The molecule has 0 saturated heterocycles. The summed E-state index contributed by atoms with van der Waals surface area (Å²) in [6.07, 6.45) is 0. The maximum atomic E-state index is 7.33. The Balaban J connectivity index is 0. The summed E-state index contributed by atoms with van der Waals surface area (Å²) in [4.78, 5) is 29.3. The fourth-order valence-electron chi connectivity index (χ4n) is 0. The Morgan fingerprint density at radius 3 is 0.833 bits per heavy atom. The van der Waals surface area contributed by atoms with Gasteiger partial charge in [-0.3, -0.25) is 0 Å². The van der Waals surface area contributed by atoms with Crippen molar-refractivity contribution in [1.29, 1.82) is 0 Å². The molecular weight excluding hydrogens is 180 g/mol. The summed E-state index contributed by atoms with van der Waals surface area (Å²) in [6.45, 7) is 0. The maximum absolute atomic E-state index is 7.33. The molecule has 4 N–H and O–H groups in total. The second kappa shape index (κ2) is 3.53. The van der Waals surface area contributed by atoms with Crippen LogP contribution in [0.25, 0.3) is 0 Å². The van der Waals surface area contributed by atoms with E-state index < -0.39 is 9.05 Å². The van der Waals surface area contributed by atoms with Gasteiger partial charge in [0, 0.05) is 45.5 Å². The summed E-state index contributed by atoms with van der Waals surface area (Å²) >= 11 is 0. The predicted octanol–water partition coefficient (Wildman–Crippen LogP) is -2.99. The topological polar surface area (TPSA) is 80.9 Å². The van der Waals surface area contributed by atoms with Gasteiger partial charge < -0.3 is 19.2 Å². The van der Waals surface area contributed by atoms with Gasteiger partial charge in [0.2, 0.25) is 0 Å². The van der Waals surface area contributed by atoms with Crippen molar-refractivity contribution in [3.05, 3.63) is 0 Å². The molecule has 0 bridgehead atoms. The Kier molecular flexibility index (Phi) is 6.18. The van der Waals surface area contributed by atoms with Gasteiger partial charge in [0.25, 0.3) is 0 Å². The van der Waals surface area contributed by atoms with Crippen LogP contribution < -0.4 is 0 Å². The number of rotatable bonds is 0. The van der Waals surface area contributed by atoms with Crippen molar-refractivity contribution in [2.75, 3.05) is 0 Å². The average molecular weight is 184 g/mol. The summed E-state index contributed by atoms with van der Waals surface area (Å²) in [5.74, 6) is 0. The molecule has 34 valence electrons. The first-order valence-electron chi connectivity index (χ1n) is 0.894. The van der Waals surface area contributed by atoms with Crippen molar-refractivity contribution in [3.63, 3.8) is 0 Å². The molecule has 0 aliphatic rings. The number of hydrogen-bond acceptors (Lipinski definition) is 4. The summed E-state index contributed by atoms with van der Waals surface area (Å²) in [5, 5.41) is 0. The minimum Gasteiger partial charge on any atom is -0.368 e. The standard InChI is InChI=1S/H4O4Si.Sr/c1-5(2,3)4;/h1-4H;. The minimum atomic E-state index is -4.61. The predicted molar refractivity (Wildman–Crippen MR) is 20.4 cm³/mol. The molecule has 0 unspecified atom stereocenters. The molecule has 0 saturated carbocycles. The van der Waals surface area contributed by atoms with Crippen LogP contribution in [0, 0.1) is 0 Å². The van der Waals surface area contributed by atoms with Gasteiger partial charge in [0.1, 0.15) is 0 Å². The quantitative estimate of drug-likeness (QED) is 0.302. The Labute approximate surface area is 72.8 Å². The van der Waals surface area contributed by atoms with Gasteiger partial charge >= 0.3 is 9.05 Å². The Morgan fingerprint density at radius 1 is 0.833 bits per heavy atom. The van der Waals surface area contributed by atoms with Crippen molar-refractivity contribution in [2.45, 2.75) is 0 Å². The fourth-order valence-corrected chi connectivity index (χ4v) is 0. The fraction of sp³-hybridized carbons (Fsp3) is 0. The van der Waals surface area contributed by atoms with Crippen LogP contribution in [0.2, 0.25) is 0 Å². The van der Waals surface area contributed by atoms with E-state index in [9.17, 15) is 0 Å². The van der Waals surface area contributed by atoms with Crippen LogP contribution in [0.5, 0.6) is 0 Å². The van der Waals surface area contributed by atoms with Crippen LogP contribution in [-0.4, -0.2) is 73.7 Å². The van der Waals surface area contributed by atoms with Gasteiger partial charge in [-0.2, -0.15) is 0 Å². The summed E-state index contributed by atoms with van der Waals surface area (Å²) in [6, 6.07) is 0. The summed E-state index contributed by atoms with van der Waals surface area (Å²) in [5.41, 5.74) is 0. The summed E-state index contributed by atoms with van der Waals surface area (Å²) < 4.78 is 0. The van der Waals surface area contributed by atoms with Crippen LogP contribution >= 0.6 is 0 Å².